The summed E-state index contributed by atoms with van der Waals surface area (Å²) in [7, 11) is 8.46. The van der Waals surface area contributed by atoms with Gasteiger partial charge >= 0.3 is 0 Å². The monoisotopic (exact) mass is 810 g/mol. The van der Waals surface area contributed by atoms with Crippen LogP contribution in [0.15, 0.2) is 60.7 Å². The van der Waals surface area contributed by atoms with Crippen LogP contribution >= 0.6 is 0 Å². The van der Waals surface area contributed by atoms with Crippen molar-refractivity contribution in [2.75, 3.05) is 69.1 Å². The number of methoxy groups -OCH3 is 6. The van der Waals surface area contributed by atoms with Gasteiger partial charge in [-0.1, -0.05) is 12.1 Å². The molecule has 6 rings (SSSR count). The quantitative estimate of drug-likeness (QED) is 0.106. The van der Waals surface area contributed by atoms with Gasteiger partial charge in [-0.2, -0.15) is 0 Å². The van der Waals surface area contributed by atoms with E-state index < -0.39 is 48.5 Å². The number of phenolic OH excluding ortho intramolecular Hbond substituents is 4. The molecule has 0 spiro atoms. The molecule has 58 heavy (non-hydrogen) atoms. The molecule has 0 saturated carbocycles. The zero-order valence-corrected chi connectivity index (χ0v) is 33.0. The number of hydrogen-bond acceptors (Lipinski definition) is 16. The van der Waals surface area contributed by atoms with Crippen LogP contribution in [0.1, 0.15) is 46.7 Å². The van der Waals surface area contributed by atoms with Crippen LogP contribution in [-0.4, -0.2) is 112 Å². The molecule has 16 heteroatoms. The number of aliphatic hydroxyl groups is 2. The van der Waals surface area contributed by atoms with Gasteiger partial charge in [0.1, 0.15) is 24.4 Å². The first kappa shape index (κ1) is 42.3. The molecule has 16 nitrogen and oxygen atoms in total. The summed E-state index contributed by atoms with van der Waals surface area (Å²) in [6, 6.07) is 15.5. The van der Waals surface area contributed by atoms with E-state index in [2.05, 4.69) is 0 Å². The normalized spacial score (nSPS) is 23.4. The number of aromatic hydroxyl groups is 4. The maximum Gasteiger partial charge on any atom is 0.200 e. The van der Waals surface area contributed by atoms with Gasteiger partial charge in [0.05, 0.1) is 81.3 Å². The number of rotatable bonds is 13. The second kappa shape index (κ2) is 18.5. The van der Waals surface area contributed by atoms with Crippen molar-refractivity contribution in [1.82, 2.24) is 0 Å². The molecule has 0 unspecified atom stereocenters. The molecule has 0 radical (unpaired) electrons. The number of benzene rings is 4. The fraction of sp³-hybridized carbons (Fsp3) is 0.429. The largest absolute Gasteiger partial charge is 0.504 e. The van der Waals surface area contributed by atoms with Gasteiger partial charge in [0, 0.05) is 11.8 Å². The fourth-order valence-corrected chi connectivity index (χ4v) is 7.47. The van der Waals surface area contributed by atoms with Gasteiger partial charge in [-0.3, -0.25) is 0 Å². The van der Waals surface area contributed by atoms with Crippen LogP contribution in [0, 0.1) is 11.8 Å². The van der Waals surface area contributed by atoms with Gasteiger partial charge in [-0.05, 0) is 70.8 Å². The molecule has 0 aliphatic carbocycles. The van der Waals surface area contributed by atoms with Crippen molar-refractivity contribution in [2.45, 2.75) is 36.6 Å². The minimum atomic E-state index is -1.22. The molecule has 2 fully saturated rings. The lowest BCUT2D eigenvalue weighted by Crippen LogP contribution is -2.34. The standard InChI is InChI=1S/C42H50O16/c1-49-29-11-21(7-9-27(29)43)37(45)35-19-57-41(23-13-31(51-3)39(47)32(14-23)52-4)25(17-55-35)26-18-56-36(38(46)22-8-10-28(44)30(12-22)50-2)20-58-42(26)24-15-33(53-5)40(48)34(16-24)54-6/h7-16,25-26,35-38,41-48H,17-20H2,1-6H3/t25-,26+,35+,36-,37-,38-,41-,42-/m1/s1. The van der Waals surface area contributed by atoms with E-state index in [-0.39, 0.29) is 83.9 Å². The number of hydrogen-bond donors (Lipinski definition) is 6. The lowest BCUT2D eigenvalue weighted by atomic mass is 9.79. The van der Waals surface area contributed by atoms with Crippen molar-refractivity contribution in [1.29, 1.82) is 0 Å². The van der Waals surface area contributed by atoms with Gasteiger partial charge in [-0.15, -0.1) is 0 Å². The Kier molecular flexibility index (Phi) is 13.5. The molecule has 2 aliphatic rings. The van der Waals surface area contributed by atoms with Crippen molar-refractivity contribution in [3.8, 4) is 57.5 Å². The highest BCUT2D eigenvalue weighted by Crippen LogP contribution is 2.49. The molecule has 4 aromatic carbocycles. The Hall–Kier alpha value is -5.36. The minimum Gasteiger partial charge on any atom is -0.504 e. The maximum absolute atomic E-state index is 11.6. The molecule has 2 saturated heterocycles. The van der Waals surface area contributed by atoms with Crippen LogP contribution in [0.25, 0.3) is 0 Å². The molecule has 0 amide bonds. The average Bonchev–Trinajstić information content (AvgIpc) is 3.61. The molecule has 2 heterocycles. The smallest absolute Gasteiger partial charge is 0.200 e. The second-order valence-electron chi connectivity index (χ2n) is 13.9. The Bertz CT molecular complexity index is 1830. The van der Waals surface area contributed by atoms with Crippen LogP contribution in [0.3, 0.4) is 0 Å². The van der Waals surface area contributed by atoms with Crippen LogP contribution in [0.4, 0.5) is 0 Å². The van der Waals surface area contributed by atoms with Gasteiger partial charge in [0.15, 0.2) is 46.0 Å². The van der Waals surface area contributed by atoms with E-state index in [9.17, 15) is 30.6 Å². The lowest BCUT2D eigenvalue weighted by Gasteiger charge is -2.35. The number of aliphatic hydroxyl groups excluding tert-OH is 2. The van der Waals surface area contributed by atoms with Gasteiger partial charge in [0.2, 0.25) is 11.5 Å². The Labute approximate surface area is 335 Å². The van der Waals surface area contributed by atoms with E-state index >= 15 is 0 Å². The molecular formula is C42H50O16. The van der Waals surface area contributed by atoms with E-state index in [0.29, 0.717) is 22.3 Å². The predicted molar refractivity (Wildman–Crippen MR) is 206 cm³/mol. The van der Waals surface area contributed by atoms with Crippen molar-refractivity contribution >= 4 is 0 Å². The fourth-order valence-electron chi connectivity index (χ4n) is 7.47. The van der Waals surface area contributed by atoms with E-state index in [0.717, 1.165) is 0 Å². The van der Waals surface area contributed by atoms with Crippen LogP contribution in [0.5, 0.6) is 57.5 Å². The first-order valence-corrected chi connectivity index (χ1v) is 18.4. The molecule has 4 aromatic rings. The third-order valence-corrected chi connectivity index (χ3v) is 10.7. The molecule has 0 aromatic heterocycles. The topological polar surface area (TPSA) is 214 Å². The molecule has 314 valence electrons. The highest BCUT2D eigenvalue weighted by Gasteiger charge is 2.45. The SMILES string of the molecule is COc1cc([C@@H](O)[C@@H]2CO[C@H](c3cc(OC)c(O)c(OC)c3)[C@@H]([C@@H]3CO[C@@H]([C@H](O)c4ccc(O)c(OC)c4)CO[C@@H]3c3cc(OC)c(O)c(OC)c3)CO2)ccc1O. The van der Waals surface area contributed by atoms with Crippen LogP contribution in [0.2, 0.25) is 0 Å². The third kappa shape index (κ3) is 8.57. The predicted octanol–water partition coefficient (Wildman–Crippen LogP) is 4.87. The summed E-state index contributed by atoms with van der Waals surface area (Å²) in [5.41, 5.74) is 1.91. The molecule has 6 N–H and O–H groups in total. The zero-order chi connectivity index (χ0) is 41.7. The Morgan fingerprint density at radius 2 is 0.776 bits per heavy atom. The van der Waals surface area contributed by atoms with E-state index in [1.807, 2.05) is 0 Å². The molecule has 8 atom stereocenters. The Morgan fingerprint density at radius 3 is 1.09 bits per heavy atom. The summed E-state index contributed by atoms with van der Waals surface area (Å²) in [5.74, 6) is -1.07. The Morgan fingerprint density at radius 1 is 0.448 bits per heavy atom. The number of ether oxygens (including phenoxy) is 10. The minimum absolute atomic E-state index is 0.0320. The van der Waals surface area contributed by atoms with Crippen LogP contribution in [-0.2, 0) is 18.9 Å². The summed E-state index contributed by atoms with van der Waals surface area (Å²) < 4.78 is 59.0. The Balaban J connectivity index is 1.45. The molecule has 0 bridgehead atoms. The summed E-state index contributed by atoms with van der Waals surface area (Å²) in [6.07, 6.45) is -5.94. The first-order chi connectivity index (χ1) is 28.0. The van der Waals surface area contributed by atoms with Crippen molar-refractivity contribution in [2.24, 2.45) is 11.8 Å². The van der Waals surface area contributed by atoms with Crippen molar-refractivity contribution in [3.05, 3.63) is 82.9 Å². The highest BCUT2D eigenvalue weighted by atomic mass is 16.6. The third-order valence-electron chi connectivity index (χ3n) is 10.7. The van der Waals surface area contributed by atoms with E-state index in [1.165, 1.54) is 66.9 Å². The summed E-state index contributed by atoms with van der Waals surface area (Å²) in [6.45, 7) is -0.284. The summed E-state index contributed by atoms with van der Waals surface area (Å²) >= 11 is 0. The average molecular weight is 811 g/mol. The molecular weight excluding hydrogens is 760 g/mol. The lowest BCUT2D eigenvalue weighted by molar-refractivity contribution is -0.0655. The van der Waals surface area contributed by atoms with Gasteiger partial charge in [0.25, 0.3) is 0 Å². The highest BCUT2D eigenvalue weighted by molar-refractivity contribution is 5.55. The van der Waals surface area contributed by atoms with Gasteiger partial charge < -0.3 is 78.0 Å². The maximum atomic E-state index is 11.6. The first-order valence-electron chi connectivity index (χ1n) is 18.4. The summed E-state index contributed by atoms with van der Waals surface area (Å²) in [4.78, 5) is 0. The molecule has 2 aliphatic heterocycles. The zero-order valence-electron chi connectivity index (χ0n) is 33.0. The van der Waals surface area contributed by atoms with E-state index in [4.69, 9.17) is 47.4 Å². The second-order valence-corrected chi connectivity index (χ2v) is 13.9. The van der Waals surface area contributed by atoms with Gasteiger partial charge in [-0.25, -0.2) is 0 Å². The van der Waals surface area contributed by atoms with Crippen molar-refractivity contribution < 1.29 is 78.0 Å². The van der Waals surface area contributed by atoms with Crippen LogP contribution < -0.4 is 28.4 Å². The summed E-state index contributed by atoms with van der Waals surface area (Å²) in [5, 5.41) is 65.4. The number of phenols is 4. The van der Waals surface area contributed by atoms with Crippen molar-refractivity contribution in [3.63, 3.8) is 0 Å². The van der Waals surface area contributed by atoms with E-state index in [1.54, 1.807) is 36.4 Å².